The molecular formula is C11H11N3O3. The SMILES string of the molecule is Cc1cnc(-c2cn3c(n2)CC(C(=O)O)C3)o1. The van der Waals surface area contributed by atoms with Crippen molar-refractivity contribution in [3.05, 3.63) is 24.0 Å². The summed E-state index contributed by atoms with van der Waals surface area (Å²) in [6.07, 6.45) is 3.90. The van der Waals surface area contributed by atoms with Crippen molar-refractivity contribution in [2.24, 2.45) is 5.92 Å². The highest BCUT2D eigenvalue weighted by Crippen LogP contribution is 2.25. The number of aliphatic carboxylic acids is 1. The zero-order chi connectivity index (χ0) is 12.0. The average molecular weight is 233 g/mol. The van der Waals surface area contributed by atoms with Gasteiger partial charge in [0, 0.05) is 19.2 Å². The Balaban J connectivity index is 1.89. The van der Waals surface area contributed by atoms with Crippen molar-refractivity contribution in [1.82, 2.24) is 14.5 Å². The van der Waals surface area contributed by atoms with Crippen LogP contribution in [0.15, 0.2) is 16.8 Å². The Morgan fingerprint density at radius 1 is 1.65 bits per heavy atom. The lowest BCUT2D eigenvalue weighted by Crippen LogP contribution is -2.14. The van der Waals surface area contributed by atoms with Crippen LogP contribution in [0.1, 0.15) is 11.6 Å². The monoisotopic (exact) mass is 233 g/mol. The number of nitrogens with zero attached hydrogens (tertiary/aromatic N) is 3. The number of rotatable bonds is 2. The molecule has 0 amide bonds. The molecule has 0 aromatic carbocycles. The molecule has 6 nitrogen and oxygen atoms in total. The Labute approximate surface area is 96.9 Å². The fourth-order valence-corrected chi connectivity index (χ4v) is 2.04. The molecule has 1 unspecified atom stereocenters. The molecule has 3 heterocycles. The number of fused-ring (bicyclic) bond motifs is 1. The Kier molecular flexibility index (Phi) is 2.04. The van der Waals surface area contributed by atoms with E-state index in [0.29, 0.717) is 24.6 Å². The lowest BCUT2D eigenvalue weighted by atomic mass is 10.1. The maximum absolute atomic E-state index is 10.9. The van der Waals surface area contributed by atoms with Crippen LogP contribution in [0.5, 0.6) is 0 Å². The second-order valence-corrected chi connectivity index (χ2v) is 4.21. The van der Waals surface area contributed by atoms with E-state index in [1.54, 1.807) is 12.4 Å². The van der Waals surface area contributed by atoms with Gasteiger partial charge in [-0.05, 0) is 6.92 Å². The van der Waals surface area contributed by atoms with Gasteiger partial charge in [0.15, 0.2) is 0 Å². The van der Waals surface area contributed by atoms with Crippen molar-refractivity contribution < 1.29 is 14.3 Å². The summed E-state index contributed by atoms with van der Waals surface area (Å²) in [6.45, 7) is 2.29. The van der Waals surface area contributed by atoms with E-state index in [1.807, 2.05) is 11.5 Å². The smallest absolute Gasteiger partial charge is 0.308 e. The van der Waals surface area contributed by atoms with Crippen LogP contribution in [0.4, 0.5) is 0 Å². The Bertz CT molecular complexity index is 561. The van der Waals surface area contributed by atoms with Crippen LogP contribution in [0, 0.1) is 12.8 Å². The van der Waals surface area contributed by atoms with Gasteiger partial charge in [0.25, 0.3) is 0 Å². The maximum atomic E-state index is 10.9. The number of carbonyl (C=O) groups is 1. The number of aryl methyl sites for hydroxylation is 1. The summed E-state index contributed by atoms with van der Waals surface area (Å²) >= 11 is 0. The van der Waals surface area contributed by atoms with Gasteiger partial charge in [0.2, 0.25) is 5.89 Å². The fraction of sp³-hybridized carbons (Fsp3) is 0.364. The molecule has 1 atom stereocenters. The summed E-state index contributed by atoms with van der Waals surface area (Å²) < 4.78 is 7.23. The van der Waals surface area contributed by atoms with E-state index in [9.17, 15) is 4.79 Å². The summed E-state index contributed by atoms with van der Waals surface area (Å²) in [7, 11) is 0. The third-order valence-corrected chi connectivity index (χ3v) is 2.89. The highest BCUT2D eigenvalue weighted by atomic mass is 16.4. The Morgan fingerprint density at radius 2 is 2.47 bits per heavy atom. The van der Waals surface area contributed by atoms with Crippen LogP contribution in [-0.4, -0.2) is 25.6 Å². The van der Waals surface area contributed by atoms with Crippen LogP contribution >= 0.6 is 0 Å². The standard InChI is InChI=1S/C11H11N3O3/c1-6-3-12-10(17-6)8-5-14-4-7(11(15)16)2-9(14)13-8/h3,5,7H,2,4H2,1H3,(H,15,16). The topological polar surface area (TPSA) is 81.2 Å². The minimum Gasteiger partial charge on any atom is -0.481 e. The quantitative estimate of drug-likeness (QED) is 0.840. The van der Waals surface area contributed by atoms with Crippen LogP contribution in [0.25, 0.3) is 11.6 Å². The zero-order valence-corrected chi connectivity index (χ0v) is 9.25. The van der Waals surface area contributed by atoms with Gasteiger partial charge in [-0.25, -0.2) is 9.97 Å². The summed E-state index contributed by atoms with van der Waals surface area (Å²) in [4.78, 5) is 19.3. The first-order chi connectivity index (χ1) is 8.13. The Hall–Kier alpha value is -2.11. The number of carboxylic acids is 1. The fourth-order valence-electron chi connectivity index (χ4n) is 2.04. The van der Waals surface area contributed by atoms with Crippen molar-refractivity contribution in [2.45, 2.75) is 19.9 Å². The van der Waals surface area contributed by atoms with Crippen molar-refractivity contribution in [3.63, 3.8) is 0 Å². The molecule has 1 N–H and O–H groups in total. The van der Waals surface area contributed by atoms with Crippen LogP contribution in [0.3, 0.4) is 0 Å². The van der Waals surface area contributed by atoms with Gasteiger partial charge in [-0.2, -0.15) is 0 Å². The van der Waals surface area contributed by atoms with E-state index in [4.69, 9.17) is 9.52 Å². The molecule has 0 fully saturated rings. The molecule has 1 aliphatic heterocycles. The third-order valence-electron chi connectivity index (χ3n) is 2.89. The molecule has 1 aliphatic rings. The first-order valence-electron chi connectivity index (χ1n) is 5.35. The van der Waals surface area contributed by atoms with Crippen molar-refractivity contribution >= 4 is 5.97 Å². The first kappa shape index (κ1) is 10.1. The highest BCUT2D eigenvalue weighted by Gasteiger charge is 2.29. The highest BCUT2D eigenvalue weighted by molar-refractivity contribution is 5.70. The van der Waals surface area contributed by atoms with Crippen molar-refractivity contribution in [1.29, 1.82) is 0 Å². The van der Waals surface area contributed by atoms with Gasteiger partial charge < -0.3 is 14.1 Å². The number of imidazole rings is 1. The van der Waals surface area contributed by atoms with Crippen LogP contribution in [-0.2, 0) is 17.8 Å². The van der Waals surface area contributed by atoms with E-state index < -0.39 is 5.97 Å². The van der Waals surface area contributed by atoms with Gasteiger partial charge >= 0.3 is 5.97 Å². The van der Waals surface area contributed by atoms with Gasteiger partial charge in [0.05, 0.1) is 12.1 Å². The maximum Gasteiger partial charge on any atom is 0.308 e. The van der Waals surface area contributed by atoms with Gasteiger partial charge in [-0.1, -0.05) is 0 Å². The number of hydrogen-bond donors (Lipinski definition) is 1. The number of carboxylic acid groups (broad SMARTS) is 1. The molecule has 0 saturated carbocycles. The van der Waals surface area contributed by atoms with E-state index in [-0.39, 0.29) is 5.92 Å². The molecule has 0 spiro atoms. The molecule has 0 bridgehead atoms. The predicted molar refractivity (Wildman–Crippen MR) is 57.3 cm³/mol. The molecule has 17 heavy (non-hydrogen) atoms. The minimum absolute atomic E-state index is 0.363. The molecule has 6 heteroatoms. The van der Waals surface area contributed by atoms with Gasteiger partial charge in [-0.3, -0.25) is 4.79 Å². The second kappa shape index (κ2) is 3.44. The van der Waals surface area contributed by atoms with E-state index in [2.05, 4.69) is 9.97 Å². The zero-order valence-electron chi connectivity index (χ0n) is 9.25. The van der Waals surface area contributed by atoms with Crippen molar-refractivity contribution in [3.8, 4) is 11.6 Å². The molecule has 3 rings (SSSR count). The van der Waals surface area contributed by atoms with Crippen LogP contribution < -0.4 is 0 Å². The molecule has 2 aromatic rings. The molecule has 88 valence electrons. The molecule has 0 radical (unpaired) electrons. The molecule has 0 aliphatic carbocycles. The summed E-state index contributed by atoms with van der Waals surface area (Å²) in [6, 6.07) is 0. The van der Waals surface area contributed by atoms with Crippen molar-refractivity contribution in [2.75, 3.05) is 0 Å². The minimum atomic E-state index is -0.774. The summed E-state index contributed by atoms with van der Waals surface area (Å²) in [5.74, 6) is 0.859. The van der Waals surface area contributed by atoms with E-state index in [0.717, 1.165) is 11.6 Å². The lowest BCUT2D eigenvalue weighted by Gasteiger charge is -2.00. The number of hydrogen-bond acceptors (Lipinski definition) is 4. The summed E-state index contributed by atoms with van der Waals surface area (Å²) in [5, 5.41) is 8.92. The second-order valence-electron chi connectivity index (χ2n) is 4.21. The molecule has 0 saturated heterocycles. The van der Waals surface area contributed by atoms with Gasteiger partial charge in [-0.15, -0.1) is 0 Å². The van der Waals surface area contributed by atoms with Gasteiger partial charge in [0.1, 0.15) is 17.3 Å². The molecule has 2 aromatic heterocycles. The largest absolute Gasteiger partial charge is 0.481 e. The summed E-state index contributed by atoms with van der Waals surface area (Å²) in [5.41, 5.74) is 0.664. The third kappa shape index (κ3) is 1.61. The normalized spacial score (nSPS) is 18.3. The number of aromatic nitrogens is 3. The lowest BCUT2D eigenvalue weighted by molar-refractivity contribution is -0.141. The number of oxazole rings is 1. The predicted octanol–water partition coefficient (Wildman–Crippen LogP) is 1.10. The first-order valence-corrected chi connectivity index (χ1v) is 5.35. The average Bonchev–Trinajstić information content (AvgIpc) is 2.88. The molecular weight excluding hydrogens is 222 g/mol. The van der Waals surface area contributed by atoms with E-state index >= 15 is 0 Å². The van der Waals surface area contributed by atoms with E-state index in [1.165, 1.54) is 0 Å². The van der Waals surface area contributed by atoms with Crippen LogP contribution in [0.2, 0.25) is 0 Å². The Morgan fingerprint density at radius 3 is 3.06 bits per heavy atom.